The minimum absolute atomic E-state index is 0.110. The van der Waals surface area contributed by atoms with Crippen LogP contribution in [-0.4, -0.2) is 34.7 Å². The highest BCUT2D eigenvalue weighted by molar-refractivity contribution is 5.29. The lowest BCUT2D eigenvalue weighted by Crippen LogP contribution is -2.56. The number of rotatable bonds is 8. The molecule has 1 atom stereocenters. The molecule has 0 aliphatic heterocycles. The molecule has 2 heteroatoms. The van der Waals surface area contributed by atoms with Gasteiger partial charge in [0, 0.05) is 12.0 Å². The van der Waals surface area contributed by atoms with Gasteiger partial charge in [0.05, 0.1) is 6.10 Å². The second kappa shape index (κ2) is 7.95. The minimum Gasteiger partial charge on any atom is -0.391 e. The van der Waals surface area contributed by atoms with Gasteiger partial charge in [0.15, 0.2) is 0 Å². The summed E-state index contributed by atoms with van der Waals surface area (Å²) in [5, 5.41) is 11.0. The van der Waals surface area contributed by atoms with Gasteiger partial charge in [0.25, 0.3) is 0 Å². The maximum absolute atomic E-state index is 11.0. The van der Waals surface area contributed by atoms with Crippen molar-refractivity contribution in [3.05, 3.63) is 34.9 Å². The zero-order valence-electron chi connectivity index (χ0n) is 14.7. The number of hydrogen-bond donors (Lipinski definition) is 1. The molecule has 0 spiro atoms. The van der Waals surface area contributed by atoms with E-state index < -0.39 is 0 Å². The molecule has 21 heavy (non-hydrogen) atoms. The first-order chi connectivity index (χ1) is 9.93. The second-order valence-corrected chi connectivity index (χ2v) is 6.20. The van der Waals surface area contributed by atoms with Crippen LogP contribution in [0.15, 0.2) is 18.2 Å². The van der Waals surface area contributed by atoms with Crippen LogP contribution in [0.25, 0.3) is 0 Å². The molecule has 2 nitrogen and oxygen atoms in total. The Hall–Kier alpha value is -0.860. The number of nitrogens with zero attached hydrogens (tertiary/aromatic N) is 1. The molecule has 0 heterocycles. The third-order valence-electron chi connectivity index (χ3n) is 4.95. The van der Waals surface area contributed by atoms with Crippen molar-refractivity contribution < 1.29 is 5.11 Å². The molecule has 0 bridgehead atoms. The van der Waals surface area contributed by atoms with E-state index in [-0.39, 0.29) is 11.6 Å². The van der Waals surface area contributed by atoms with Gasteiger partial charge in [-0.15, -0.1) is 0 Å². The quantitative estimate of drug-likeness (QED) is 0.779. The van der Waals surface area contributed by atoms with Gasteiger partial charge in [-0.2, -0.15) is 0 Å². The first-order valence-corrected chi connectivity index (χ1v) is 8.43. The van der Waals surface area contributed by atoms with Crippen LogP contribution in [-0.2, 0) is 6.42 Å². The van der Waals surface area contributed by atoms with Gasteiger partial charge in [-0.1, -0.05) is 57.0 Å². The van der Waals surface area contributed by atoms with Gasteiger partial charge in [0.1, 0.15) is 0 Å². The maximum Gasteiger partial charge on any atom is 0.0763 e. The van der Waals surface area contributed by atoms with E-state index in [1.807, 2.05) is 0 Å². The molecule has 0 aromatic heterocycles. The number of hydrogen-bond acceptors (Lipinski definition) is 2. The van der Waals surface area contributed by atoms with E-state index >= 15 is 0 Å². The molecule has 1 unspecified atom stereocenters. The van der Waals surface area contributed by atoms with Crippen molar-refractivity contribution in [1.29, 1.82) is 0 Å². The van der Waals surface area contributed by atoms with Crippen LogP contribution in [0.1, 0.15) is 57.2 Å². The average molecular weight is 291 g/mol. The normalized spacial score (nSPS) is 13.7. The highest BCUT2D eigenvalue weighted by Gasteiger charge is 2.38. The van der Waals surface area contributed by atoms with Crippen molar-refractivity contribution >= 4 is 0 Å². The zero-order chi connectivity index (χ0) is 16.0. The van der Waals surface area contributed by atoms with Gasteiger partial charge in [-0.25, -0.2) is 0 Å². The topological polar surface area (TPSA) is 23.5 Å². The molecule has 0 aliphatic carbocycles. The lowest BCUT2D eigenvalue weighted by atomic mass is 9.81. The lowest BCUT2D eigenvalue weighted by molar-refractivity contribution is -0.0340. The highest BCUT2D eigenvalue weighted by atomic mass is 16.3. The zero-order valence-corrected chi connectivity index (χ0v) is 14.7. The summed E-state index contributed by atoms with van der Waals surface area (Å²) in [6.07, 6.45) is 2.38. The third kappa shape index (κ3) is 4.08. The molecule has 0 amide bonds. The first-order valence-electron chi connectivity index (χ1n) is 8.43. The Morgan fingerprint density at radius 3 is 1.81 bits per heavy atom. The van der Waals surface area contributed by atoms with Gasteiger partial charge in [0.2, 0.25) is 0 Å². The van der Waals surface area contributed by atoms with Gasteiger partial charge in [-0.05, 0) is 45.3 Å². The third-order valence-corrected chi connectivity index (χ3v) is 4.95. The molecule has 1 N–H and O–H groups in total. The number of aliphatic hydroxyl groups is 1. The van der Waals surface area contributed by atoms with Crippen molar-refractivity contribution in [2.45, 2.75) is 72.4 Å². The molecular formula is C19H33NO. The Labute approximate surface area is 131 Å². The summed E-state index contributed by atoms with van der Waals surface area (Å²) in [6.45, 7) is 15.0. The summed E-state index contributed by atoms with van der Waals surface area (Å²) < 4.78 is 0. The molecule has 1 aromatic rings. The molecule has 0 radical (unpaired) electrons. The minimum atomic E-state index is -0.325. The number of benzene rings is 1. The van der Waals surface area contributed by atoms with Crippen molar-refractivity contribution in [3.63, 3.8) is 0 Å². The molecule has 1 rings (SSSR count). The predicted octanol–water partition coefficient (Wildman–Crippen LogP) is 4.11. The summed E-state index contributed by atoms with van der Waals surface area (Å²) in [5.74, 6) is 0. The number of likely N-dealkylation sites (N-methyl/N-ethyl adjacent to an activating group) is 1. The maximum atomic E-state index is 11.0. The van der Waals surface area contributed by atoms with Crippen LogP contribution < -0.4 is 0 Å². The van der Waals surface area contributed by atoms with E-state index in [1.165, 1.54) is 16.7 Å². The average Bonchev–Trinajstić information content (AvgIpc) is 2.43. The van der Waals surface area contributed by atoms with Crippen LogP contribution in [0.5, 0.6) is 0 Å². The Kier molecular flexibility index (Phi) is 6.89. The van der Waals surface area contributed by atoms with Gasteiger partial charge < -0.3 is 5.11 Å². The summed E-state index contributed by atoms with van der Waals surface area (Å²) in [6, 6.07) is 6.59. The monoisotopic (exact) mass is 291 g/mol. The van der Waals surface area contributed by atoms with E-state index in [1.54, 1.807) is 0 Å². The molecule has 1 aromatic carbocycles. The number of aryl methyl sites for hydroxylation is 2. The first kappa shape index (κ1) is 18.2. The Morgan fingerprint density at radius 1 is 0.952 bits per heavy atom. The van der Waals surface area contributed by atoms with Crippen molar-refractivity contribution in [2.75, 3.05) is 13.1 Å². The Bertz CT molecular complexity index is 413. The van der Waals surface area contributed by atoms with Crippen LogP contribution in [0.4, 0.5) is 0 Å². The van der Waals surface area contributed by atoms with Crippen molar-refractivity contribution in [3.8, 4) is 0 Å². The second-order valence-electron chi connectivity index (χ2n) is 6.20. The summed E-state index contributed by atoms with van der Waals surface area (Å²) in [7, 11) is 0. The number of aliphatic hydroxyl groups excluding tert-OH is 1. The van der Waals surface area contributed by atoms with E-state index in [0.29, 0.717) is 0 Å². The van der Waals surface area contributed by atoms with E-state index in [9.17, 15) is 5.11 Å². The van der Waals surface area contributed by atoms with Gasteiger partial charge >= 0.3 is 0 Å². The standard InChI is InChI=1S/C19H33NO/c1-7-19(8-2,20(9-3)10-4)18(21)14-17-12-15(5)11-16(6)13-17/h11-13,18,21H,7-10,14H2,1-6H3. The van der Waals surface area contributed by atoms with E-state index in [4.69, 9.17) is 0 Å². The van der Waals surface area contributed by atoms with E-state index in [2.05, 4.69) is 64.6 Å². The molecular weight excluding hydrogens is 258 g/mol. The largest absolute Gasteiger partial charge is 0.391 e. The van der Waals surface area contributed by atoms with Crippen LogP contribution in [0, 0.1) is 13.8 Å². The Morgan fingerprint density at radius 2 is 1.43 bits per heavy atom. The Balaban J connectivity index is 3.03. The predicted molar refractivity (Wildman–Crippen MR) is 91.9 cm³/mol. The SMILES string of the molecule is CCN(CC)C(CC)(CC)C(O)Cc1cc(C)cc(C)c1. The van der Waals surface area contributed by atoms with Crippen molar-refractivity contribution in [1.82, 2.24) is 4.90 Å². The lowest BCUT2D eigenvalue weighted by Gasteiger charge is -2.46. The summed E-state index contributed by atoms with van der Waals surface area (Å²) >= 11 is 0. The molecule has 0 saturated heterocycles. The molecule has 120 valence electrons. The van der Waals surface area contributed by atoms with Crippen LogP contribution in [0.2, 0.25) is 0 Å². The smallest absolute Gasteiger partial charge is 0.0763 e. The summed E-state index contributed by atoms with van der Waals surface area (Å²) in [5.41, 5.74) is 3.69. The van der Waals surface area contributed by atoms with Crippen LogP contribution >= 0.6 is 0 Å². The molecule has 0 saturated carbocycles. The van der Waals surface area contributed by atoms with E-state index in [0.717, 1.165) is 32.4 Å². The fourth-order valence-corrected chi connectivity index (χ4v) is 3.83. The fraction of sp³-hybridized carbons (Fsp3) is 0.684. The van der Waals surface area contributed by atoms with Crippen molar-refractivity contribution in [2.24, 2.45) is 0 Å². The fourth-order valence-electron chi connectivity index (χ4n) is 3.83. The van der Waals surface area contributed by atoms with Crippen LogP contribution in [0.3, 0.4) is 0 Å². The highest BCUT2D eigenvalue weighted by Crippen LogP contribution is 2.30. The van der Waals surface area contributed by atoms with Gasteiger partial charge in [-0.3, -0.25) is 4.90 Å². The molecule has 0 fully saturated rings. The molecule has 0 aliphatic rings. The summed E-state index contributed by atoms with van der Waals surface area (Å²) in [4.78, 5) is 2.43.